The summed E-state index contributed by atoms with van der Waals surface area (Å²) in [4.78, 5) is 5.30. The number of H-pyrrole nitrogens is 1. The Bertz CT molecular complexity index is 1540. The highest BCUT2D eigenvalue weighted by Gasteiger charge is 2.26. The van der Waals surface area contributed by atoms with Gasteiger partial charge in [-0.2, -0.15) is 0 Å². The predicted octanol–water partition coefficient (Wildman–Crippen LogP) is 6.99. The molecule has 0 spiro atoms. The second-order valence-electron chi connectivity index (χ2n) is 9.76. The van der Waals surface area contributed by atoms with E-state index >= 15 is 0 Å². The minimum absolute atomic E-state index is 0.478. The summed E-state index contributed by atoms with van der Waals surface area (Å²) in [5, 5.41) is 25.7. The summed E-state index contributed by atoms with van der Waals surface area (Å²) in [5.74, 6) is 4.24. The molecule has 5 aromatic rings. The van der Waals surface area contributed by atoms with Crippen LogP contribution in [0.5, 0.6) is 0 Å². The maximum absolute atomic E-state index is 5.30. The number of rotatable bonds is 9. The van der Waals surface area contributed by atoms with Gasteiger partial charge in [-0.3, -0.25) is 0 Å². The molecular weight excluding hydrogens is 525 g/mol. The molecule has 0 bridgehead atoms. The summed E-state index contributed by atoms with van der Waals surface area (Å²) in [5.41, 5.74) is 6.60. The van der Waals surface area contributed by atoms with E-state index in [9.17, 15) is 0 Å². The molecule has 0 amide bonds. The average Bonchev–Trinajstić information content (AvgIpc) is 3.65. The predicted molar refractivity (Wildman–Crippen MR) is 158 cm³/mol. The minimum Gasteiger partial charge on any atom is -0.321 e. The Hall–Kier alpha value is -3.24. The molecule has 0 radical (unpaired) electrons. The maximum atomic E-state index is 5.30. The van der Waals surface area contributed by atoms with Crippen molar-refractivity contribution in [1.29, 1.82) is 0 Å². The molecule has 3 aromatic heterocycles. The molecule has 8 nitrogen and oxygen atoms in total. The van der Waals surface area contributed by atoms with Gasteiger partial charge in [-0.1, -0.05) is 81.6 Å². The van der Waals surface area contributed by atoms with Crippen molar-refractivity contribution in [3.8, 4) is 22.5 Å². The Morgan fingerprint density at radius 3 is 2.28 bits per heavy atom. The third kappa shape index (κ3) is 5.32. The van der Waals surface area contributed by atoms with Gasteiger partial charge in [-0.15, -0.1) is 38.8 Å². The van der Waals surface area contributed by atoms with Crippen LogP contribution >= 0.6 is 23.5 Å². The zero-order valence-electron chi connectivity index (χ0n) is 22.3. The second-order valence-corrected chi connectivity index (χ2v) is 12.3. The van der Waals surface area contributed by atoms with Crippen molar-refractivity contribution in [1.82, 2.24) is 40.4 Å². The molecule has 0 saturated heterocycles. The van der Waals surface area contributed by atoms with Crippen LogP contribution < -0.4 is 0 Å². The van der Waals surface area contributed by atoms with Crippen molar-refractivity contribution in [2.75, 3.05) is 11.5 Å². The van der Waals surface area contributed by atoms with E-state index in [-0.39, 0.29) is 0 Å². The van der Waals surface area contributed by atoms with Crippen LogP contribution in [0.2, 0.25) is 0 Å². The first-order valence-electron chi connectivity index (χ1n) is 13.7. The number of hydrogen-bond donors (Lipinski definition) is 1. The Balaban J connectivity index is 1.41. The first kappa shape index (κ1) is 26.0. The molecule has 10 heteroatoms. The molecule has 3 heterocycles. The lowest BCUT2D eigenvalue weighted by Crippen LogP contribution is -2.13. The number of imidazole rings is 1. The van der Waals surface area contributed by atoms with Crippen LogP contribution in [0.25, 0.3) is 33.5 Å². The molecule has 0 aliphatic heterocycles. The third-order valence-electron chi connectivity index (χ3n) is 7.30. The topological polar surface area (TPSA) is 98.1 Å². The van der Waals surface area contributed by atoms with Gasteiger partial charge in [0.2, 0.25) is 0 Å². The number of nitrogens with one attached hydrogen (secondary N) is 1. The fraction of sp³-hybridized carbons (Fsp3) is 0.379. The Morgan fingerprint density at radius 1 is 0.846 bits per heavy atom. The average molecular weight is 557 g/mol. The summed E-state index contributed by atoms with van der Waals surface area (Å²) in [6.07, 6.45) is 6.26. The molecule has 0 atom stereocenters. The van der Waals surface area contributed by atoms with E-state index in [2.05, 4.69) is 79.6 Å². The quantitative estimate of drug-likeness (QED) is 0.194. The van der Waals surface area contributed by atoms with Gasteiger partial charge in [0.1, 0.15) is 26.9 Å². The van der Waals surface area contributed by atoms with Crippen molar-refractivity contribution in [3.05, 3.63) is 59.9 Å². The first-order valence-corrected chi connectivity index (χ1v) is 15.7. The Labute approximate surface area is 236 Å². The summed E-state index contributed by atoms with van der Waals surface area (Å²) in [6.45, 7) is 5.08. The standard InChI is InChI=1S/C29H32N8S2/c1-3-38-28-24-25(29(34-33-28)39-4-2)37(27(30-24)21-10-6-5-7-11-21)18-19-14-16-20(17-15-19)22-12-8-9-13-23(22)26-31-35-36-32-26/h8-9,12-17,21H,3-7,10-11,18H2,1-2H3,(H,31,32,35,36). The zero-order chi connectivity index (χ0) is 26.6. The van der Waals surface area contributed by atoms with Gasteiger partial charge in [-0.05, 0) is 51.5 Å². The molecular formula is C29H32N8S2. The monoisotopic (exact) mass is 556 g/mol. The first-order chi connectivity index (χ1) is 19.3. The number of benzene rings is 2. The number of fused-ring (bicyclic) bond motifs is 1. The molecule has 1 fully saturated rings. The van der Waals surface area contributed by atoms with Gasteiger partial charge in [0.25, 0.3) is 0 Å². The van der Waals surface area contributed by atoms with E-state index in [1.165, 1.54) is 43.5 Å². The normalized spacial score (nSPS) is 14.3. The smallest absolute Gasteiger partial charge is 0.180 e. The number of hydrogen-bond acceptors (Lipinski definition) is 8. The summed E-state index contributed by atoms with van der Waals surface area (Å²) in [7, 11) is 0. The van der Waals surface area contributed by atoms with Gasteiger partial charge in [0.15, 0.2) is 5.82 Å². The van der Waals surface area contributed by atoms with Crippen LogP contribution in [0.3, 0.4) is 0 Å². The van der Waals surface area contributed by atoms with E-state index < -0.39 is 0 Å². The molecule has 2 aromatic carbocycles. The van der Waals surface area contributed by atoms with Gasteiger partial charge in [0, 0.05) is 18.0 Å². The molecule has 0 unspecified atom stereocenters. The van der Waals surface area contributed by atoms with Crippen LogP contribution in [-0.2, 0) is 6.54 Å². The van der Waals surface area contributed by atoms with E-state index in [4.69, 9.17) is 4.98 Å². The number of tetrazole rings is 1. The number of thioether (sulfide) groups is 2. The molecule has 1 saturated carbocycles. The fourth-order valence-electron chi connectivity index (χ4n) is 5.51. The lowest BCUT2D eigenvalue weighted by molar-refractivity contribution is 0.420. The van der Waals surface area contributed by atoms with Gasteiger partial charge < -0.3 is 4.57 Å². The number of nitrogens with zero attached hydrogens (tertiary/aromatic N) is 7. The Morgan fingerprint density at radius 2 is 1.56 bits per heavy atom. The van der Waals surface area contributed by atoms with Crippen LogP contribution in [0.15, 0.2) is 58.6 Å². The lowest BCUT2D eigenvalue weighted by Gasteiger charge is -2.22. The zero-order valence-corrected chi connectivity index (χ0v) is 23.9. The van der Waals surface area contributed by atoms with Gasteiger partial charge in [0.05, 0.1) is 0 Å². The molecule has 1 aliphatic rings. The highest BCUT2D eigenvalue weighted by Crippen LogP contribution is 2.39. The van der Waals surface area contributed by atoms with E-state index in [0.717, 1.165) is 55.8 Å². The maximum Gasteiger partial charge on any atom is 0.180 e. The summed E-state index contributed by atoms with van der Waals surface area (Å²) >= 11 is 3.48. The van der Waals surface area contributed by atoms with Crippen LogP contribution in [0, 0.1) is 0 Å². The molecule has 1 N–H and O–H groups in total. The van der Waals surface area contributed by atoms with Gasteiger partial charge >= 0.3 is 0 Å². The van der Waals surface area contributed by atoms with E-state index in [1.54, 1.807) is 23.5 Å². The van der Waals surface area contributed by atoms with Crippen LogP contribution in [0.4, 0.5) is 0 Å². The minimum atomic E-state index is 0.478. The van der Waals surface area contributed by atoms with Crippen LogP contribution in [-0.4, -0.2) is 51.9 Å². The number of aromatic amines is 1. The molecule has 1 aliphatic carbocycles. The van der Waals surface area contributed by atoms with Crippen molar-refractivity contribution in [2.24, 2.45) is 0 Å². The van der Waals surface area contributed by atoms with Crippen LogP contribution in [0.1, 0.15) is 63.3 Å². The fourth-order valence-corrected chi connectivity index (χ4v) is 6.88. The largest absolute Gasteiger partial charge is 0.321 e. The highest BCUT2D eigenvalue weighted by molar-refractivity contribution is 7.99. The van der Waals surface area contributed by atoms with Crippen molar-refractivity contribution in [3.63, 3.8) is 0 Å². The molecule has 200 valence electrons. The SMILES string of the molecule is CCSc1nnc(SCC)c2c1nc(C1CCCCC1)n2Cc1ccc(-c2ccccc2-c2nnn[nH]2)cc1. The molecule has 6 rings (SSSR count). The summed E-state index contributed by atoms with van der Waals surface area (Å²) in [6, 6.07) is 17.0. The van der Waals surface area contributed by atoms with Gasteiger partial charge in [-0.25, -0.2) is 10.1 Å². The Kier molecular flexibility index (Phi) is 7.92. The van der Waals surface area contributed by atoms with E-state index in [0.29, 0.717) is 11.7 Å². The second kappa shape index (κ2) is 11.9. The van der Waals surface area contributed by atoms with Crippen molar-refractivity contribution >= 4 is 34.6 Å². The van der Waals surface area contributed by atoms with Crippen molar-refractivity contribution in [2.45, 2.75) is 68.5 Å². The third-order valence-corrected chi connectivity index (χ3v) is 8.97. The van der Waals surface area contributed by atoms with Crippen molar-refractivity contribution < 1.29 is 0 Å². The number of aromatic nitrogens is 8. The molecule has 39 heavy (non-hydrogen) atoms. The summed E-state index contributed by atoms with van der Waals surface area (Å²) < 4.78 is 2.45. The lowest BCUT2D eigenvalue weighted by atomic mass is 9.88. The highest BCUT2D eigenvalue weighted by atomic mass is 32.2. The van der Waals surface area contributed by atoms with E-state index in [1.807, 2.05) is 18.2 Å².